The van der Waals surface area contributed by atoms with Crippen LogP contribution in [0.4, 0.5) is 4.79 Å². The maximum atomic E-state index is 13.2. The predicted octanol–water partition coefficient (Wildman–Crippen LogP) is 5.73. The average molecular weight is 564 g/mol. The highest BCUT2D eigenvalue weighted by Gasteiger charge is 2.27. The Balaban J connectivity index is 1.40. The number of carbonyl (C=O) groups excluding carboxylic acids is 2. The van der Waals surface area contributed by atoms with E-state index in [2.05, 4.69) is 27.4 Å². The summed E-state index contributed by atoms with van der Waals surface area (Å²) in [7, 11) is 1.82. The Morgan fingerprint density at radius 2 is 1.64 bits per heavy atom. The van der Waals surface area contributed by atoms with Crippen LogP contribution in [0.2, 0.25) is 0 Å². The zero-order valence-corrected chi connectivity index (χ0v) is 24.2. The number of fused-ring (bicyclic) bond motifs is 2. The first-order valence-electron chi connectivity index (χ1n) is 14.3. The molecule has 0 radical (unpaired) electrons. The second-order valence-electron chi connectivity index (χ2n) is 10.3. The first-order chi connectivity index (χ1) is 20.4. The van der Waals surface area contributed by atoms with Crippen molar-refractivity contribution in [1.82, 2.24) is 34.9 Å². The number of rotatable bonds is 8. The summed E-state index contributed by atoms with van der Waals surface area (Å²) in [4.78, 5) is 39.4. The number of imidazole rings is 1. The van der Waals surface area contributed by atoms with Crippen LogP contribution in [0.25, 0.3) is 44.9 Å². The maximum absolute atomic E-state index is 13.2. The largest absolute Gasteiger partial charge is 0.415 e. The number of aryl methyl sites for hydroxylation is 1. The number of ether oxygens (including phenoxy) is 1. The zero-order chi connectivity index (χ0) is 29.4. The van der Waals surface area contributed by atoms with Gasteiger partial charge in [0.15, 0.2) is 17.4 Å². The SMILES string of the molecule is CCC(=O)c1ccc(-c2ccc(-c3nn(C)c(-c4nc5cc6c(cc5[nH]4)CNC6)c3OC(=O)N(CC)CC)cc2)cn1. The lowest BCUT2D eigenvalue weighted by molar-refractivity contribution is 0.0983. The van der Waals surface area contributed by atoms with Crippen LogP contribution >= 0.6 is 0 Å². The number of aromatic amines is 1. The molecule has 6 rings (SSSR count). The van der Waals surface area contributed by atoms with Crippen LogP contribution in [0.3, 0.4) is 0 Å². The van der Waals surface area contributed by atoms with Gasteiger partial charge in [0.05, 0.1) is 11.0 Å². The number of hydrogen-bond acceptors (Lipinski definition) is 7. The fourth-order valence-corrected chi connectivity index (χ4v) is 5.33. The van der Waals surface area contributed by atoms with Crippen LogP contribution in [0.15, 0.2) is 54.7 Å². The highest BCUT2D eigenvalue weighted by atomic mass is 16.6. The topological polar surface area (TPSA) is 118 Å². The predicted molar refractivity (Wildman–Crippen MR) is 161 cm³/mol. The number of ketones is 1. The molecule has 0 saturated heterocycles. The van der Waals surface area contributed by atoms with Gasteiger partial charge in [-0.3, -0.25) is 14.5 Å². The molecule has 0 unspecified atom stereocenters. The molecule has 2 aromatic carbocycles. The van der Waals surface area contributed by atoms with Gasteiger partial charge in [-0.2, -0.15) is 5.10 Å². The third kappa shape index (κ3) is 4.94. The minimum atomic E-state index is -0.443. The smallest absolute Gasteiger partial charge is 0.405 e. The second-order valence-corrected chi connectivity index (χ2v) is 10.3. The number of pyridine rings is 1. The van der Waals surface area contributed by atoms with E-state index in [-0.39, 0.29) is 5.78 Å². The van der Waals surface area contributed by atoms with Crippen molar-refractivity contribution >= 4 is 22.9 Å². The van der Waals surface area contributed by atoms with E-state index in [0.29, 0.717) is 48.2 Å². The van der Waals surface area contributed by atoms with Crippen LogP contribution in [-0.2, 0) is 20.1 Å². The lowest BCUT2D eigenvalue weighted by atomic mass is 10.0. The molecule has 5 aromatic rings. The molecule has 1 aliphatic rings. The average Bonchev–Trinajstić information content (AvgIpc) is 3.72. The summed E-state index contributed by atoms with van der Waals surface area (Å²) in [5.41, 5.74) is 8.47. The number of hydrogen-bond donors (Lipinski definition) is 2. The van der Waals surface area contributed by atoms with Crippen LogP contribution in [0.1, 0.15) is 48.8 Å². The van der Waals surface area contributed by atoms with Crippen molar-refractivity contribution in [3.63, 3.8) is 0 Å². The van der Waals surface area contributed by atoms with Crippen molar-refractivity contribution in [2.24, 2.45) is 7.05 Å². The van der Waals surface area contributed by atoms with E-state index in [9.17, 15) is 9.59 Å². The molecule has 10 nitrogen and oxygen atoms in total. The molecule has 0 bridgehead atoms. The second kappa shape index (κ2) is 11.2. The molecule has 1 aliphatic heterocycles. The van der Waals surface area contributed by atoms with Gasteiger partial charge < -0.3 is 19.9 Å². The van der Waals surface area contributed by atoms with E-state index in [0.717, 1.165) is 40.8 Å². The van der Waals surface area contributed by atoms with E-state index in [1.165, 1.54) is 11.1 Å². The Labute approximate surface area is 243 Å². The molecule has 4 heterocycles. The molecule has 10 heteroatoms. The molecule has 1 amide bonds. The van der Waals surface area contributed by atoms with E-state index in [1.807, 2.05) is 58.2 Å². The molecule has 0 fully saturated rings. The quantitative estimate of drug-likeness (QED) is 0.232. The normalized spacial score (nSPS) is 12.5. The molecule has 0 saturated carbocycles. The summed E-state index contributed by atoms with van der Waals surface area (Å²) in [5.74, 6) is 0.939. The van der Waals surface area contributed by atoms with E-state index < -0.39 is 6.09 Å². The highest BCUT2D eigenvalue weighted by Crippen LogP contribution is 2.39. The molecule has 0 aliphatic carbocycles. The minimum absolute atomic E-state index is 0.0141. The first kappa shape index (κ1) is 27.3. The lowest BCUT2D eigenvalue weighted by Gasteiger charge is -2.18. The lowest BCUT2D eigenvalue weighted by Crippen LogP contribution is -2.33. The van der Waals surface area contributed by atoms with Crippen molar-refractivity contribution in [3.05, 3.63) is 71.5 Å². The molecule has 42 heavy (non-hydrogen) atoms. The van der Waals surface area contributed by atoms with Crippen molar-refractivity contribution < 1.29 is 14.3 Å². The summed E-state index contributed by atoms with van der Waals surface area (Å²) in [6.45, 7) is 8.36. The minimum Gasteiger partial charge on any atom is -0.405 e. The monoisotopic (exact) mass is 563 g/mol. The molecule has 214 valence electrons. The van der Waals surface area contributed by atoms with Gasteiger partial charge >= 0.3 is 6.09 Å². The first-order valence-corrected chi connectivity index (χ1v) is 14.3. The fraction of sp³-hybridized carbons (Fsp3) is 0.281. The van der Waals surface area contributed by atoms with Crippen molar-refractivity contribution in [2.45, 2.75) is 40.3 Å². The van der Waals surface area contributed by atoms with Crippen molar-refractivity contribution in [1.29, 1.82) is 0 Å². The number of amides is 1. The summed E-state index contributed by atoms with van der Waals surface area (Å²) in [5, 5.41) is 8.17. The third-order valence-electron chi connectivity index (χ3n) is 7.74. The van der Waals surface area contributed by atoms with E-state index in [1.54, 1.807) is 21.8 Å². The summed E-state index contributed by atoms with van der Waals surface area (Å²) in [6, 6.07) is 15.7. The van der Waals surface area contributed by atoms with Crippen LogP contribution < -0.4 is 10.1 Å². The van der Waals surface area contributed by atoms with Gasteiger partial charge in [0.1, 0.15) is 17.1 Å². The summed E-state index contributed by atoms with van der Waals surface area (Å²) < 4.78 is 7.78. The van der Waals surface area contributed by atoms with Crippen molar-refractivity contribution in [3.8, 4) is 39.7 Å². The van der Waals surface area contributed by atoms with E-state index >= 15 is 0 Å². The van der Waals surface area contributed by atoms with Crippen molar-refractivity contribution in [2.75, 3.05) is 13.1 Å². The number of carbonyl (C=O) groups is 2. The van der Waals surface area contributed by atoms with Crippen LogP contribution in [0.5, 0.6) is 5.75 Å². The summed E-state index contributed by atoms with van der Waals surface area (Å²) in [6.07, 6.45) is 1.68. The molecular formula is C32H33N7O3. The standard InChI is InChI=1S/C32H33N7O3/c1-5-27(40)24-13-12-21(18-34-24)19-8-10-20(11-9-19)28-30(42-32(41)39(6-2)7-3)29(38(4)37-28)31-35-25-14-22-16-33-17-23(22)15-26(25)36-31/h8-15,18,33H,5-7,16-17H2,1-4H3,(H,35,36). The number of nitrogens with zero attached hydrogens (tertiary/aromatic N) is 5. The highest BCUT2D eigenvalue weighted by molar-refractivity contribution is 5.94. The van der Waals surface area contributed by atoms with Gasteiger partial charge in [0.25, 0.3) is 0 Å². The van der Waals surface area contributed by atoms with Crippen LogP contribution in [0, 0.1) is 0 Å². The Kier molecular flexibility index (Phi) is 7.30. The number of aromatic nitrogens is 5. The van der Waals surface area contributed by atoms with E-state index in [4.69, 9.17) is 14.8 Å². The number of nitrogens with one attached hydrogen (secondary N) is 2. The number of H-pyrrole nitrogens is 1. The van der Waals surface area contributed by atoms with Gasteiger partial charge in [-0.05, 0) is 48.7 Å². The third-order valence-corrected chi connectivity index (χ3v) is 7.74. The molecule has 0 spiro atoms. The van der Waals surface area contributed by atoms with Crippen LogP contribution in [-0.4, -0.2) is 54.6 Å². The Morgan fingerprint density at radius 3 is 2.31 bits per heavy atom. The Hall–Kier alpha value is -4.83. The summed E-state index contributed by atoms with van der Waals surface area (Å²) >= 11 is 0. The molecule has 0 atom stereocenters. The van der Waals surface area contributed by atoms with Gasteiger partial charge in [0, 0.05) is 57.0 Å². The maximum Gasteiger partial charge on any atom is 0.415 e. The Morgan fingerprint density at radius 1 is 0.952 bits per heavy atom. The molecule has 3 aromatic heterocycles. The number of Topliss-reactive ketones (excluding diaryl/α,β-unsaturated/α-hetero) is 1. The van der Waals surface area contributed by atoms with Gasteiger partial charge in [-0.25, -0.2) is 9.78 Å². The Bertz CT molecular complexity index is 1740. The zero-order valence-electron chi connectivity index (χ0n) is 24.2. The van der Waals surface area contributed by atoms with Gasteiger partial charge in [0.2, 0.25) is 0 Å². The van der Waals surface area contributed by atoms with Gasteiger partial charge in [-0.15, -0.1) is 0 Å². The number of benzene rings is 2. The molecule has 2 N–H and O–H groups in total. The van der Waals surface area contributed by atoms with Gasteiger partial charge in [-0.1, -0.05) is 37.3 Å². The fourth-order valence-electron chi connectivity index (χ4n) is 5.33. The molecular weight excluding hydrogens is 530 g/mol.